The number of rotatable bonds is 12. The average Bonchev–Trinajstić information content (AvgIpc) is 2.87. The van der Waals surface area contributed by atoms with Gasteiger partial charge in [-0.05, 0) is 62.1 Å². The Morgan fingerprint density at radius 3 is 2.31 bits per heavy atom. The number of carboxylic acid groups (broad SMARTS) is 1. The van der Waals surface area contributed by atoms with Crippen LogP contribution in [0, 0.1) is 0 Å². The molecule has 8 heteroatoms. The fraction of sp³-hybridized carbons (Fsp3) is 0.286. The topological polar surface area (TPSA) is 91.3 Å². The minimum Gasteiger partial charge on any atom is -0.478 e. The first-order chi connectivity index (χ1) is 17.3. The van der Waals surface area contributed by atoms with E-state index in [0.29, 0.717) is 17.9 Å². The summed E-state index contributed by atoms with van der Waals surface area (Å²) in [5.74, 6) is -1.24. The van der Waals surface area contributed by atoms with Crippen molar-refractivity contribution in [2.24, 2.45) is 0 Å². The van der Waals surface area contributed by atoms with Gasteiger partial charge in [-0.1, -0.05) is 42.5 Å². The molecule has 0 aliphatic carbocycles. The second-order valence-corrected chi connectivity index (χ2v) is 8.81. The van der Waals surface area contributed by atoms with E-state index in [1.807, 2.05) is 57.5 Å². The predicted molar refractivity (Wildman–Crippen MR) is 141 cm³/mol. The summed E-state index contributed by atoms with van der Waals surface area (Å²) in [5.41, 5.74) is 3.15. The van der Waals surface area contributed by atoms with Crippen LogP contribution in [0.4, 0.5) is 5.69 Å². The first kappa shape index (κ1) is 26.9. The Kier molecular flexibility index (Phi) is 9.58. The van der Waals surface area contributed by atoms with E-state index in [1.54, 1.807) is 24.3 Å². The van der Waals surface area contributed by atoms with Crippen LogP contribution in [0.25, 0.3) is 11.1 Å². The van der Waals surface area contributed by atoms with Crippen LogP contribution in [0.3, 0.4) is 0 Å². The fourth-order valence-corrected chi connectivity index (χ4v) is 3.70. The Bertz CT molecular complexity index is 1180. The molecule has 3 aromatic carbocycles. The highest BCUT2D eigenvalue weighted by Gasteiger charge is 2.19. The number of nitrogens with one attached hydrogen (secondary N) is 1. The van der Waals surface area contributed by atoms with E-state index in [9.17, 15) is 14.7 Å². The van der Waals surface area contributed by atoms with E-state index in [0.717, 1.165) is 29.8 Å². The lowest BCUT2D eigenvalue weighted by Gasteiger charge is -2.20. The van der Waals surface area contributed by atoms with Crippen molar-refractivity contribution in [1.29, 1.82) is 0 Å². The van der Waals surface area contributed by atoms with E-state index in [2.05, 4.69) is 15.1 Å². The molecule has 3 aromatic rings. The van der Waals surface area contributed by atoms with Crippen LogP contribution < -0.4 is 10.1 Å². The summed E-state index contributed by atoms with van der Waals surface area (Å²) in [6.45, 7) is 2.40. The molecule has 0 aliphatic heterocycles. The zero-order valence-corrected chi connectivity index (χ0v) is 21.2. The standard InChI is InChI=1S/C28H33N3O5/c1-30(2)14-15-31(3)18-20-10-13-26(36-19-35-4)24(16-20)27(32)29-25-17-22(11-12-23(25)28(33)34)21-8-6-5-7-9-21/h5-13,16-17H,14-15,18-19H2,1-4H3,(H,29,32)(H,33,34). The Morgan fingerprint density at radius 2 is 1.64 bits per heavy atom. The van der Waals surface area contributed by atoms with E-state index in [1.165, 1.54) is 13.2 Å². The van der Waals surface area contributed by atoms with Gasteiger partial charge in [-0.2, -0.15) is 0 Å². The lowest BCUT2D eigenvalue weighted by molar-refractivity contribution is 0.0503. The number of likely N-dealkylation sites (N-methyl/N-ethyl adjacent to an activating group) is 2. The molecule has 0 spiro atoms. The largest absolute Gasteiger partial charge is 0.478 e. The number of aromatic carboxylic acids is 1. The van der Waals surface area contributed by atoms with Crippen LogP contribution in [-0.2, 0) is 11.3 Å². The van der Waals surface area contributed by atoms with Gasteiger partial charge in [-0.15, -0.1) is 0 Å². The summed E-state index contributed by atoms with van der Waals surface area (Å²) < 4.78 is 10.7. The highest BCUT2D eigenvalue weighted by molar-refractivity contribution is 6.09. The van der Waals surface area contributed by atoms with Gasteiger partial charge in [0.05, 0.1) is 16.8 Å². The van der Waals surface area contributed by atoms with Gasteiger partial charge in [0.25, 0.3) is 5.91 Å². The van der Waals surface area contributed by atoms with Gasteiger partial charge in [0.15, 0.2) is 6.79 Å². The highest BCUT2D eigenvalue weighted by atomic mass is 16.7. The molecule has 1 amide bonds. The number of carbonyl (C=O) groups excluding carboxylic acids is 1. The maximum atomic E-state index is 13.4. The van der Waals surface area contributed by atoms with E-state index < -0.39 is 11.9 Å². The molecule has 2 N–H and O–H groups in total. The molecular weight excluding hydrogens is 458 g/mol. The fourth-order valence-electron chi connectivity index (χ4n) is 3.70. The average molecular weight is 492 g/mol. The molecule has 0 bridgehead atoms. The lowest BCUT2D eigenvalue weighted by Crippen LogP contribution is -2.28. The number of ether oxygens (including phenoxy) is 2. The molecule has 0 fully saturated rings. The Balaban J connectivity index is 1.91. The maximum Gasteiger partial charge on any atom is 0.337 e. The molecular formula is C28H33N3O5. The van der Waals surface area contributed by atoms with Gasteiger partial charge in [0, 0.05) is 26.7 Å². The third-order valence-electron chi connectivity index (χ3n) is 5.61. The van der Waals surface area contributed by atoms with Gasteiger partial charge < -0.3 is 29.7 Å². The van der Waals surface area contributed by atoms with Gasteiger partial charge in [-0.25, -0.2) is 4.79 Å². The van der Waals surface area contributed by atoms with Crippen molar-refractivity contribution in [3.05, 3.63) is 83.4 Å². The zero-order valence-electron chi connectivity index (χ0n) is 21.2. The normalized spacial score (nSPS) is 11.1. The summed E-state index contributed by atoms with van der Waals surface area (Å²) in [4.78, 5) is 29.6. The summed E-state index contributed by atoms with van der Waals surface area (Å²) in [5, 5.41) is 12.5. The molecule has 0 unspecified atom stereocenters. The molecule has 0 saturated heterocycles. The molecule has 0 radical (unpaired) electrons. The number of benzene rings is 3. The maximum absolute atomic E-state index is 13.4. The van der Waals surface area contributed by atoms with Gasteiger partial charge in [0.2, 0.25) is 0 Å². The molecule has 0 aromatic heterocycles. The summed E-state index contributed by atoms with van der Waals surface area (Å²) >= 11 is 0. The monoisotopic (exact) mass is 491 g/mol. The van der Waals surface area contributed by atoms with E-state index >= 15 is 0 Å². The van der Waals surface area contributed by atoms with Crippen LogP contribution in [-0.4, -0.2) is 74.9 Å². The number of anilines is 1. The highest BCUT2D eigenvalue weighted by Crippen LogP contribution is 2.28. The number of carboxylic acids is 1. The Morgan fingerprint density at radius 1 is 0.889 bits per heavy atom. The van der Waals surface area contributed by atoms with Crippen molar-refractivity contribution in [3.8, 4) is 16.9 Å². The van der Waals surface area contributed by atoms with Crippen molar-refractivity contribution in [3.63, 3.8) is 0 Å². The van der Waals surface area contributed by atoms with Crippen molar-refractivity contribution in [2.45, 2.75) is 6.54 Å². The second kappa shape index (κ2) is 12.8. The zero-order chi connectivity index (χ0) is 26.1. The minimum absolute atomic E-state index is 0.00182. The molecule has 8 nitrogen and oxygen atoms in total. The van der Waals surface area contributed by atoms with Crippen LogP contribution in [0.2, 0.25) is 0 Å². The Labute approximate surface area is 212 Å². The second-order valence-electron chi connectivity index (χ2n) is 8.81. The first-order valence-corrected chi connectivity index (χ1v) is 11.6. The van der Waals surface area contributed by atoms with Gasteiger partial charge in [0.1, 0.15) is 5.75 Å². The van der Waals surface area contributed by atoms with Crippen molar-refractivity contribution >= 4 is 17.6 Å². The molecule has 190 valence electrons. The van der Waals surface area contributed by atoms with Crippen molar-refractivity contribution in [1.82, 2.24) is 9.80 Å². The summed E-state index contributed by atoms with van der Waals surface area (Å²) in [6.07, 6.45) is 0. The third kappa shape index (κ3) is 7.39. The van der Waals surface area contributed by atoms with Crippen molar-refractivity contribution < 1.29 is 24.2 Å². The molecule has 0 aliphatic rings. The first-order valence-electron chi connectivity index (χ1n) is 11.6. The van der Waals surface area contributed by atoms with Crippen LogP contribution in [0.15, 0.2) is 66.7 Å². The number of hydrogen-bond acceptors (Lipinski definition) is 6. The molecule has 3 rings (SSSR count). The Hall–Kier alpha value is -3.72. The van der Waals surface area contributed by atoms with E-state index in [-0.39, 0.29) is 18.0 Å². The van der Waals surface area contributed by atoms with Gasteiger partial charge in [-0.3, -0.25) is 4.79 Å². The molecule has 0 heterocycles. The minimum atomic E-state index is -1.13. The molecule has 0 saturated carbocycles. The third-order valence-corrected chi connectivity index (χ3v) is 5.61. The molecule has 0 atom stereocenters. The smallest absolute Gasteiger partial charge is 0.337 e. The number of amides is 1. The van der Waals surface area contributed by atoms with Crippen LogP contribution >= 0.6 is 0 Å². The summed E-state index contributed by atoms with van der Waals surface area (Å²) in [7, 11) is 7.57. The molecule has 36 heavy (non-hydrogen) atoms. The number of hydrogen-bond donors (Lipinski definition) is 2. The number of nitrogens with zero attached hydrogens (tertiary/aromatic N) is 2. The van der Waals surface area contributed by atoms with Gasteiger partial charge >= 0.3 is 5.97 Å². The quantitative estimate of drug-likeness (QED) is 0.366. The SMILES string of the molecule is COCOc1ccc(CN(C)CCN(C)C)cc1C(=O)Nc1cc(-c2ccccc2)ccc1C(=O)O. The van der Waals surface area contributed by atoms with Crippen LogP contribution in [0.5, 0.6) is 5.75 Å². The summed E-state index contributed by atoms with van der Waals surface area (Å²) in [6, 6.07) is 19.9. The van der Waals surface area contributed by atoms with E-state index in [4.69, 9.17) is 9.47 Å². The van der Waals surface area contributed by atoms with Crippen LogP contribution in [0.1, 0.15) is 26.3 Å². The predicted octanol–water partition coefficient (Wildman–Crippen LogP) is 4.28. The number of methoxy groups -OCH3 is 1. The number of carbonyl (C=O) groups is 2. The lowest BCUT2D eigenvalue weighted by atomic mass is 10.0. The van der Waals surface area contributed by atoms with Crippen molar-refractivity contribution in [2.75, 3.05) is 53.5 Å².